The largest absolute Gasteiger partial charge is 0.524 e. The molecule has 5 N–H and O–H groups in total. The number of unbranched alkanes of at least 4 members (excludes halogenated alkanes) is 3. The highest BCUT2D eigenvalue weighted by atomic mass is 31.2. The van der Waals surface area contributed by atoms with Gasteiger partial charge in [-0.2, -0.15) is 0 Å². The van der Waals surface area contributed by atoms with Gasteiger partial charge in [-0.05, 0) is 25.5 Å². The molecule has 9 heteroatoms. The molecule has 1 aromatic carbocycles. The van der Waals surface area contributed by atoms with Gasteiger partial charge in [0.15, 0.2) is 0 Å². The number of nitrogens with one attached hydrogen (secondary N) is 1. The SMILES string of the molecule is NCCCCCCNC(=O)[C@H](F)c1ccccc1OP(=O)(O)O. The maximum Gasteiger partial charge on any atom is 0.524 e. The Labute approximate surface area is 134 Å². The first kappa shape index (κ1) is 19.6. The average molecular weight is 348 g/mol. The lowest BCUT2D eigenvalue weighted by molar-refractivity contribution is -0.126. The van der Waals surface area contributed by atoms with Gasteiger partial charge in [-0.25, -0.2) is 8.96 Å². The van der Waals surface area contributed by atoms with Gasteiger partial charge in [0.2, 0.25) is 6.17 Å². The number of benzene rings is 1. The molecule has 0 spiro atoms. The summed E-state index contributed by atoms with van der Waals surface area (Å²) in [6.07, 6.45) is 1.38. The Hall–Kier alpha value is -1.47. The highest BCUT2D eigenvalue weighted by molar-refractivity contribution is 7.46. The number of alkyl halides is 1. The van der Waals surface area contributed by atoms with Crippen molar-refractivity contribution in [2.24, 2.45) is 5.73 Å². The maximum absolute atomic E-state index is 14.2. The Morgan fingerprint density at radius 1 is 1.26 bits per heavy atom. The standard InChI is InChI=1S/C14H22FN2O5P/c15-13(14(18)17-10-6-2-1-5-9-16)11-7-3-4-8-12(11)22-23(19,20)21/h3-4,7-8,13H,1-2,5-6,9-10,16H2,(H,17,18)(H2,19,20,21)/t13-/m1/s1. The first-order valence-electron chi connectivity index (χ1n) is 7.31. The minimum absolute atomic E-state index is 0.226. The maximum atomic E-state index is 14.2. The summed E-state index contributed by atoms with van der Waals surface area (Å²) in [5.41, 5.74) is 5.14. The Morgan fingerprint density at radius 2 is 1.91 bits per heavy atom. The number of hydrogen-bond donors (Lipinski definition) is 4. The lowest BCUT2D eigenvalue weighted by Crippen LogP contribution is -2.28. The molecule has 0 aliphatic rings. The van der Waals surface area contributed by atoms with E-state index < -0.39 is 19.9 Å². The summed E-state index contributed by atoms with van der Waals surface area (Å²) in [5.74, 6) is -1.22. The topological polar surface area (TPSA) is 122 Å². The van der Waals surface area contributed by atoms with Crippen LogP contribution < -0.4 is 15.6 Å². The molecule has 23 heavy (non-hydrogen) atoms. The van der Waals surface area contributed by atoms with Crippen LogP contribution in [0.25, 0.3) is 0 Å². The van der Waals surface area contributed by atoms with E-state index in [1.165, 1.54) is 24.3 Å². The lowest BCUT2D eigenvalue weighted by Gasteiger charge is -2.14. The van der Waals surface area contributed by atoms with Gasteiger partial charge in [-0.15, -0.1) is 0 Å². The molecule has 0 saturated heterocycles. The molecule has 130 valence electrons. The van der Waals surface area contributed by atoms with Crippen molar-refractivity contribution in [1.82, 2.24) is 5.32 Å². The van der Waals surface area contributed by atoms with Crippen LogP contribution in [0, 0.1) is 0 Å². The first-order valence-corrected chi connectivity index (χ1v) is 8.84. The summed E-state index contributed by atoms with van der Waals surface area (Å²) in [6.45, 7) is 0.945. The van der Waals surface area contributed by atoms with Crippen molar-refractivity contribution in [1.29, 1.82) is 0 Å². The molecule has 0 aromatic heterocycles. The molecule has 1 aromatic rings. The number of para-hydroxylation sites is 1. The van der Waals surface area contributed by atoms with Gasteiger partial charge in [-0.1, -0.05) is 31.0 Å². The van der Waals surface area contributed by atoms with Crippen molar-refractivity contribution >= 4 is 13.7 Å². The molecular formula is C14H22FN2O5P. The van der Waals surface area contributed by atoms with Crippen molar-refractivity contribution in [2.75, 3.05) is 13.1 Å². The molecular weight excluding hydrogens is 326 g/mol. The highest BCUT2D eigenvalue weighted by Gasteiger charge is 2.26. The van der Waals surface area contributed by atoms with Gasteiger partial charge >= 0.3 is 7.82 Å². The van der Waals surface area contributed by atoms with E-state index in [0.717, 1.165) is 19.3 Å². The number of nitrogens with two attached hydrogens (primary N) is 1. The number of rotatable bonds is 10. The third-order valence-corrected chi connectivity index (χ3v) is 3.50. The fraction of sp³-hybridized carbons (Fsp3) is 0.500. The second-order valence-corrected chi connectivity index (χ2v) is 6.14. The zero-order valence-corrected chi connectivity index (χ0v) is 13.5. The zero-order valence-electron chi connectivity index (χ0n) is 12.7. The monoisotopic (exact) mass is 348 g/mol. The minimum atomic E-state index is -4.83. The molecule has 1 rings (SSSR count). The van der Waals surface area contributed by atoms with Crippen LogP contribution in [-0.4, -0.2) is 28.8 Å². The van der Waals surface area contributed by atoms with Crippen LogP contribution >= 0.6 is 7.82 Å². The summed E-state index contributed by atoms with van der Waals surface area (Å²) >= 11 is 0. The molecule has 1 atom stereocenters. The van der Waals surface area contributed by atoms with E-state index >= 15 is 0 Å². The molecule has 1 amide bonds. The fourth-order valence-corrected chi connectivity index (χ4v) is 2.39. The van der Waals surface area contributed by atoms with Crippen LogP contribution in [0.2, 0.25) is 0 Å². The third-order valence-electron chi connectivity index (χ3n) is 3.07. The zero-order chi connectivity index (χ0) is 17.3. The lowest BCUT2D eigenvalue weighted by atomic mass is 10.1. The number of phosphoric acid groups is 1. The number of amides is 1. The van der Waals surface area contributed by atoms with E-state index in [4.69, 9.17) is 15.5 Å². The second kappa shape index (κ2) is 9.62. The Bertz CT molecular complexity index is 552. The highest BCUT2D eigenvalue weighted by Crippen LogP contribution is 2.41. The van der Waals surface area contributed by atoms with Crippen LogP contribution in [0.3, 0.4) is 0 Å². The molecule has 0 aliphatic carbocycles. The fourth-order valence-electron chi connectivity index (χ4n) is 1.97. The van der Waals surface area contributed by atoms with Crippen molar-refractivity contribution in [3.8, 4) is 5.75 Å². The van der Waals surface area contributed by atoms with Gasteiger partial charge in [0.25, 0.3) is 5.91 Å². The van der Waals surface area contributed by atoms with Crippen LogP contribution in [-0.2, 0) is 9.36 Å². The number of phosphoric ester groups is 1. The smallest absolute Gasteiger partial charge is 0.404 e. The first-order chi connectivity index (χ1) is 10.8. The third kappa shape index (κ3) is 7.56. The predicted octanol–water partition coefficient (Wildman–Crippen LogP) is 1.80. The van der Waals surface area contributed by atoms with Crippen LogP contribution in [0.1, 0.15) is 37.4 Å². The van der Waals surface area contributed by atoms with Gasteiger partial charge < -0.3 is 15.6 Å². The second-order valence-electron chi connectivity index (χ2n) is 4.98. The van der Waals surface area contributed by atoms with Crippen molar-refractivity contribution in [2.45, 2.75) is 31.9 Å². The van der Waals surface area contributed by atoms with Crippen LogP contribution in [0.4, 0.5) is 4.39 Å². The predicted molar refractivity (Wildman–Crippen MR) is 83.5 cm³/mol. The van der Waals surface area contributed by atoms with Gasteiger partial charge in [0.1, 0.15) is 5.75 Å². The molecule has 0 fully saturated rings. The van der Waals surface area contributed by atoms with Gasteiger partial charge in [0, 0.05) is 12.1 Å². The summed E-state index contributed by atoms with van der Waals surface area (Å²) in [4.78, 5) is 29.4. The molecule has 7 nitrogen and oxygen atoms in total. The van der Waals surface area contributed by atoms with E-state index in [1.807, 2.05) is 0 Å². The van der Waals surface area contributed by atoms with Crippen LogP contribution in [0.5, 0.6) is 5.75 Å². The molecule has 0 aliphatic heterocycles. The van der Waals surface area contributed by atoms with E-state index in [-0.39, 0.29) is 11.3 Å². The Balaban J connectivity index is 2.57. The van der Waals surface area contributed by atoms with E-state index in [2.05, 4.69) is 9.84 Å². The molecule has 0 unspecified atom stereocenters. The summed E-state index contributed by atoms with van der Waals surface area (Å²) in [5, 5.41) is 2.45. The number of carbonyl (C=O) groups excluding carboxylic acids is 1. The number of halogens is 1. The van der Waals surface area contributed by atoms with E-state index in [1.54, 1.807) is 0 Å². The van der Waals surface area contributed by atoms with Gasteiger partial charge in [0.05, 0.1) is 0 Å². The summed E-state index contributed by atoms with van der Waals surface area (Å²) in [7, 11) is -4.83. The number of carbonyl (C=O) groups is 1. The van der Waals surface area contributed by atoms with Crippen molar-refractivity contribution < 1.29 is 28.1 Å². The minimum Gasteiger partial charge on any atom is -0.404 e. The summed E-state index contributed by atoms with van der Waals surface area (Å²) in [6, 6.07) is 5.32. The van der Waals surface area contributed by atoms with Gasteiger partial charge in [-0.3, -0.25) is 14.6 Å². The van der Waals surface area contributed by atoms with Crippen molar-refractivity contribution in [3.05, 3.63) is 29.8 Å². The van der Waals surface area contributed by atoms with E-state index in [9.17, 15) is 13.8 Å². The van der Waals surface area contributed by atoms with Crippen molar-refractivity contribution in [3.63, 3.8) is 0 Å². The Morgan fingerprint density at radius 3 is 2.57 bits per heavy atom. The molecule has 0 saturated carbocycles. The summed E-state index contributed by atoms with van der Waals surface area (Å²) < 4.78 is 29.5. The van der Waals surface area contributed by atoms with E-state index in [0.29, 0.717) is 19.5 Å². The quantitative estimate of drug-likeness (QED) is 0.378. The molecule has 0 radical (unpaired) electrons. The Kier molecular flexibility index (Phi) is 8.19. The normalized spacial score (nSPS) is 12.7. The molecule has 0 bridgehead atoms. The number of hydrogen-bond acceptors (Lipinski definition) is 4. The van der Waals surface area contributed by atoms with Crippen LogP contribution in [0.15, 0.2) is 24.3 Å². The average Bonchev–Trinajstić information content (AvgIpc) is 2.49. The molecule has 0 heterocycles.